The van der Waals surface area contributed by atoms with Crippen molar-refractivity contribution in [2.75, 3.05) is 0 Å². The largest absolute Gasteiger partial charge is 0.389 e. The van der Waals surface area contributed by atoms with Crippen LogP contribution >= 0.6 is 11.6 Å². The van der Waals surface area contributed by atoms with Crippen molar-refractivity contribution < 1.29 is 18.0 Å². The molecule has 15 heavy (non-hydrogen) atoms. The molecule has 0 unspecified atom stereocenters. The van der Waals surface area contributed by atoms with Gasteiger partial charge in [-0.2, -0.15) is 13.2 Å². The molecule has 0 saturated heterocycles. The van der Waals surface area contributed by atoms with Crippen LogP contribution in [0.25, 0.3) is 0 Å². The fourth-order valence-electron chi connectivity index (χ4n) is 1.30. The summed E-state index contributed by atoms with van der Waals surface area (Å²) in [6.45, 7) is 0. The first-order valence-corrected chi connectivity index (χ1v) is 5.55. The summed E-state index contributed by atoms with van der Waals surface area (Å²) >= 11 is 5.13. The van der Waals surface area contributed by atoms with Gasteiger partial charge in [0.2, 0.25) is 5.24 Å². The van der Waals surface area contributed by atoms with Gasteiger partial charge in [0.05, 0.1) is 0 Å². The molecule has 0 bridgehead atoms. The Morgan fingerprint density at radius 1 is 0.933 bits per heavy atom. The minimum atomic E-state index is -4.02. The molecular formula is C10H16ClF3O. The maximum absolute atomic E-state index is 11.7. The first kappa shape index (κ1) is 14.8. The van der Waals surface area contributed by atoms with Gasteiger partial charge in [0.15, 0.2) is 0 Å². The van der Waals surface area contributed by atoms with Crippen molar-refractivity contribution in [3.05, 3.63) is 0 Å². The summed E-state index contributed by atoms with van der Waals surface area (Å²) < 4.78 is 35.2. The van der Waals surface area contributed by atoms with Gasteiger partial charge in [-0.25, -0.2) is 0 Å². The van der Waals surface area contributed by atoms with Gasteiger partial charge in [0, 0.05) is 12.8 Å². The van der Waals surface area contributed by atoms with Crippen molar-refractivity contribution in [2.45, 2.75) is 57.5 Å². The third kappa shape index (κ3) is 13.8. The zero-order chi connectivity index (χ0) is 11.7. The summed E-state index contributed by atoms with van der Waals surface area (Å²) in [5.41, 5.74) is 0. The average Bonchev–Trinajstić information content (AvgIpc) is 2.07. The normalized spacial score (nSPS) is 11.7. The van der Waals surface area contributed by atoms with Crippen molar-refractivity contribution in [1.29, 1.82) is 0 Å². The summed E-state index contributed by atoms with van der Waals surface area (Å²) in [6.07, 6.45) is -0.255. The topological polar surface area (TPSA) is 17.1 Å². The molecule has 0 radical (unpaired) electrons. The van der Waals surface area contributed by atoms with E-state index in [0.29, 0.717) is 12.8 Å². The highest BCUT2D eigenvalue weighted by Gasteiger charge is 2.25. The number of hydrogen-bond acceptors (Lipinski definition) is 1. The minimum absolute atomic E-state index is 0.206. The molecule has 0 aromatic rings. The first-order chi connectivity index (χ1) is 6.92. The van der Waals surface area contributed by atoms with Crippen LogP contribution in [-0.2, 0) is 4.79 Å². The lowest BCUT2D eigenvalue weighted by atomic mass is 10.1. The molecule has 0 amide bonds. The van der Waals surface area contributed by atoms with E-state index >= 15 is 0 Å². The van der Waals surface area contributed by atoms with Gasteiger partial charge in [-0.3, -0.25) is 4.79 Å². The summed E-state index contributed by atoms with van der Waals surface area (Å²) in [7, 11) is 0. The maximum atomic E-state index is 11.7. The Hall–Kier alpha value is -0.250. The molecule has 0 aliphatic carbocycles. The molecule has 0 atom stereocenters. The number of hydrogen-bond donors (Lipinski definition) is 0. The molecule has 5 heteroatoms. The monoisotopic (exact) mass is 244 g/mol. The first-order valence-electron chi connectivity index (χ1n) is 5.17. The number of carbonyl (C=O) groups is 1. The van der Waals surface area contributed by atoms with E-state index in [0.717, 1.165) is 25.7 Å². The Labute approximate surface area is 93.0 Å². The summed E-state index contributed by atoms with van der Waals surface area (Å²) in [5.74, 6) is 0. The van der Waals surface area contributed by atoms with Crippen LogP contribution in [0.3, 0.4) is 0 Å². The summed E-state index contributed by atoms with van der Waals surface area (Å²) in [4.78, 5) is 10.3. The molecule has 0 rings (SSSR count). The number of halogens is 4. The van der Waals surface area contributed by atoms with Gasteiger partial charge < -0.3 is 0 Å². The molecule has 0 fully saturated rings. The van der Waals surface area contributed by atoms with Gasteiger partial charge >= 0.3 is 6.18 Å². The lowest BCUT2D eigenvalue weighted by Gasteiger charge is -2.05. The zero-order valence-electron chi connectivity index (χ0n) is 8.58. The molecule has 0 N–H and O–H groups in total. The van der Waals surface area contributed by atoms with Crippen LogP contribution in [0.2, 0.25) is 0 Å². The Balaban J connectivity index is 3.09. The van der Waals surface area contributed by atoms with E-state index in [1.54, 1.807) is 0 Å². The van der Waals surface area contributed by atoms with Gasteiger partial charge in [-0.15, -0.1) is 0 Å². The quantitative estimate of drug-likeness (QED) is 0.456. The van der Waals surface area contributed by atoms with Crippen LogP contribution in [0.15, 0.2) is 0 Å². The van der Waals surface area contributed by atoms with E-state index in [1.807, 2.05) is 0 Å². The zero-order valence-corrected chi connectivity index (χ0v) is 9.33. The van der Waals surface area contributed by atoms with Crippen LogP contribution < -0.4 is 0 Å². The second kappa shape index (κ2) is 7.97. The van der Waals surface area contributed by atoms with E-state index in [9.17, 15) is 18.0 Å². The molecule has 0 spiro atoms. The average molecular weight is 245 g/mol. The van der Waals surface area contributed by atoms with Crippen molar-refractivity contribution in [1.82, 2.24) is 0 Å². The summed E-state index contributed by atoms with van der Waals surface area (Å²) in [5, 5.41) is -0.341. The van der Waals surface area contributed by atoms with Crippen LogP contribution in [0, 0.1) is 0 Å². The molecule has 90 valence electrons. The predicted octanol–water partition coefficient (Wildman–Crippen LogP) is 4.43. The van der Waals surface area contributed by atoms with Crippen LogP contribution in [0.4, 0.5) is 13.2 Å². The standard InChI is InChI=1S/C10H16ClF3O/c11-9(15)7-5-3-1-2-4-6-8-10(12,13)14/h1-8H2. The Kier molecular flexibility index (Phi) is 7.83. The fraction of sp³-hybridized carbons (Fsp3) is 0.900. The highest BCUT2D eigenvalue weighted by atomic mass is 35.5. The third-order valence-corrected chi connectivity index (χ3v) is 2.27. The second-order valence-electron chi connectivity index (χ2n) is 3.59. The van der Waals surface area contributed by atoms with Crippen LogP contribution in [0.5, 0.6) is 0 Å². The van der Waals surface area contributed by atoms with Crippen LogP contribution in [0.1, 0.15) is 51.4 Å². The molecule has 0 aromatic heterocycles. The number of unbranched alkanes of at least 4 members (excludes halogenated alkanes) is 5. The molecule has 0 heterocycles. The Morgan fingerprint density at radius 2 is 1.40 bits per heavy atom. The van der Waals surface area contributed by atoms with Crippen molar-refractivity contribution in [3.63, 3.8) is 0 Å². The smallest absolute Gasteiger partial charge is 0.281 e. The van der Waals surface area contributed by atoms with Crippen molar-refractivity contribution in [3.8, 4) is 0 Å². The molecule has 0 aromatic carbocycles. The van der Waals surface area contributed by atoms with Crippen LogP contribution in [-0.4, -0.2) is 11.4 Å². The lowest BCUT2D eigenvalue weighted by Crippen LogP contribution is -2.06. The lowest BCUT2D eigenvalue weighted by molar-refractivity contribution is -0.135. The highest BCUT2D eigenvalue weighted by molar-refractivity contribution is 6.63. The SMILES string of the molecule is O=C(Cl)CCCCCCCCC(F)(F)F. The highest BCUT2D eigenvalue weighted by Crippen LogP contribution is 2.23. The summed E-state index contributed by atoms with van der Waals surface area (Å²) in [6, 6.07) is 0. The Morgan fingerprint density at radius 3 is 1.87 bits per heavy atom. The van der Waals surface area contributed by atoms with Gasteiger partial charge in [-0.05, 0) is 24.4 Å². The van der Waals surface area contributed by atoms with Crippen molar-refractivity contribution >= 4 is 16.8 Å². The second-order valence-corrected chi connectivity index (χ2v) is 4.01. The molecule has 0 aliphatic rings. The van der Waals surface area contributed by atoms with E-state index in [2.05, 4.69) is 0 Å². The molecular weight excluding hydrogens is 229 g/mol. The number of carbonyl (C=O) groups excluding carboxylic acids is 1. The van der Waals surface area contributed by atoms with Gasteiger partial charge in [0.1, 0.15) is 0 Å². The molecule has 0 aliphatic heterocycles. The van der Waals surface area contributed by atoms with E-state index in [4.69, 9.17) is 11.6 Å². The van der Waals surface area contributed by atoms with Gasteiger partial charge in [-0.1, -0.05) is 25.7 Å². The predicted molar refractivity (Wildman–Crippen MR) is 53.9 cm³/mol. The van der Waals surface area contributed by atoms with E-state index in [1.165, 1.54) is 0 Å². The minimum Gasteiger partial charge on any atom is -0.281 e. The van der Waals surface area contributed by atoms with E-state index in [-0.39, 0.29) is 11.7 Å². The molecule has 0 saturated carbocycles. The Bertz CT molecular complexity index is 180. The maximum Gasteiger partial charge on any atom is 0.389 e. The number of alkyl halides is 3. The fourth-order valence-corrected chi connectivity index (χ4v) is 1.43. The third-order valence-electron chi connectivity index (χ3n) is 2.08. The van der Waals surface area contributed by atoms with E-state index < -0.39 is 12.6 Å². The molecule has 1 nitrogen and oxygen atoms in total. The number of rotatable bonds is 8. The van der Waals surface area contributed by atoms with Crippen molar-refractivity contribution in [2.24, 2.45) is 0 Å². The van der Waals surface area contributed by atoms with Gasteiger partial charge in [0.25, 0.3) is 0 Å².